The van der Waals surface area contributed by atoms with Crippen LogP contribution >= 0.6 is 24.0 Å². The molecule has 3 nitrogen and oxygen atoms in total. The van der Waals surface area contributed by atoms with E-state index in [-0.39, 0.29) is 12.4 Å². The van der Waals surface area contributed by atoms with Crippen molar-refractivity contribution in [1.82, 2.24) is 4.90 Å². The molecule has 5 heteroatoms. The van der Waals surface area contributed by atoms with Crippen LogP contribution in [0.4, 0.5) is 0 Å². The van der Waals surface area contributed by atoms with Crippen molar-refractivity contribution in [2.24, 2.45) is 5.73 Å². The van der Waals surface area contributed by atoms with E-state index in [1.807, 2.05) is 18.2 Å². The number of nitrogens with zero attached hydrogens (tertiary/aromatic N) is 1. The van der Waals surface area contributed by atoms with Crippen molar-refractivity contribution in [2.45, 2.75) is 25.4 Å². The number of methoxy groups -OCH3 is 1. The van der Waals surface area contributed by atoms with Crippen LogP contribution in [0.15, 0.2) is 18.2 Å². The number of likely N-dealkylation sites (tertiary alicyclic amines) is 1. The summed E-state index contributed by atoms with van der Waals surface area (Å²) in [5, 5.41) is 0.752. The SMILES string of the molecule is COc1ccc(Cl)cc1CN1CCCC(N)C1.Cl. The molecule has 1 aromatic carbocycles. The summed E-state index contributed by atoms with van der Waals surface area (Å²) in [7, 11) is 1.69. The van der Waals surface area contributed by atoms with Crippen molar-refractivity contribution in [3.05, 3.63) is 28.8 Å². The summed E-state index contributed by atoms with van der Waals surface area (Å²) >= 11 is 6.02. The zero-order valence-corrected chi connectivity index (χ0v) is 12.1. The maximum absolute atomic E-state index is 6.02. The largest absolute Gasteiger partial charge is 0.496 e. The van der Waals surface area contributed by atoms with E-state index in [1.165, 1.54) is 6.42 Å². The van der Waals surface area contributed by atoms with Crippen LogP contribution in [0.25, 0.3) is 0 Å². The Bertz CT molecular complexity index is 387. The van der Waals surface area contributed by atoms with Gasteiger partial charge in [0.2, 0.25) is 0 Å². The van der Waals surface area contributed by atoms with Crippen LogP contribution in [0.1, 0.15) is 18.4 Å². The molecule has 1 fully saturated rings. The highest BCUT2D eigenvalue weighted by Gasteiger charge is 2.18. The number of rotatable bonds is 3. The maximum atomic E-state index is 6.02. The van der Waals surface area contributed by atoms with Gasteiger partial charge in [0, 0.05) is 29.7 Å². The normalized spacial score (nSPS) is 20.3. The molecule has 0 saturated carbocycles. The average molecular weight is 291 g/mol. The molecule has 0 aromatic heterocycles. The summed E-state index contributed by atoms with van der Waals surface area (Å²) in [6.45, 7) is 2.91. The Labute approximate surface area is 120 Å². The van der Waals surface area contributed by atoms with Gasteiger partial charge < -0.3 is 10.5 Å². The molecule has 1 aliphatic heterocycles. The molecule has 0 radical (unpaired) electrons. The fraction of sp³-hybridized carbons (Fsp3) is 0.538. The van der Waals surface area contributed by atoms with Gasteiger partial charge in [-0.15, -0.1) is 12.4 Å². The van der Waals surface area contributed by atoms with Gasteiger partial charge in [0.25, 0.3) is 0 Å². The van der Waals surface area contributed by atoms with E-state index in [4.69, 9.17) is 22.1 Å². The summed E-state index contributed by atoms with van der Waals surface area (Å²) in [6.07, 6.45) is 2.30. The van der Waals surface area contributed by atoms with Gasteiger partial charge in [0.05, 0.1) is 7.11 Å². The van der Waals surface area contributed by atoms with Gasteiger partial charge in [0.1, 0.15) is 5.75 Å². The highest BCUT2D eigenvalue weighted by molar-refractivity contribution is 6.30. The molecule has 2 rings (SSSR count). The standard InChI is InChI=1S/C13H19ClN2O.ClH/c1-17-13-5-4-11(14)7-10(13)8-16-6-2-3-12(15)9-16;/h4-5,7,12H,2-3,6,8-9,15H2,1H3;1H. The van der Waals surface area contributed by atoms with Crippen LogP contribution in [0.5, 0.6) is 5.75 Å². The molecule has 2 N–H and O–H groups in total. The molecule has 1 saturated heterocycles. The Morgan fingerprint density at radius 3 is 2.94 bits per heavy atom. The third-order valence-electron chi connectivity index (χ3n) is 3.18. The second-order valence-corrected chi connectivity index (χ2v) is 5.03. The third-order valence-corrected chi connectivity index (χ3v) is 3.41. The predicted molar refractivity (Wildman–Crippen MR) is 77.7 cm³/mol. The minimum absolute atomic E-state index is 0. The Balaban J connectivity index is 0.00000162. The first kappa shape index (κ1) is 15.6. The first-order chi connectivity index (χ1) is 8.19. The van der Waals surface area contributed by atoms with Crippen molar-refractivity contribution >= 4 is 24.0 Å². The van der Waals surface area contributed by atoms with Crippen molar-refractivity contribution in [3.8, 4) is 5.75 Å². The van der Waals surface area contributed by atoms with E-state index in [0.29, 0.717) is 6.04 Å². The molecule has 18 heavy (non-hydrogen) atoms. The fourth-order valence-electron chi connectivity index (χ4n) is 2.35. The zero-order chi connectivity index (χ0) is 12.3. The summed E-state index contributed by atoms with van der Waals surface area (Å²) in [5.41, 5.74) is 7.11. The highest BCUT2D eigenvalue weighted by Crippen LogP contribution is 2.25. The van der Waals surface area contributed by atoms with Gasteiger partial charge in [-0.25, -0.2) is 0 Å². The van der Waals surface area contributed by atoms with Gasteiger partial charge in [-0.2, -0.15) is 0 Å². The van der Waals surface area contributed by atoms with Gasteiger partial charge >= 0.3 is 0 Å². The first-order valence-corrected chi connectivity index (χ1v) is 6.37. The van der Waals surface area contributed by atoms with Gasteiger partial charge in [-0.1, -0.05) is 11.6 Å². The highest BCUT2D eigenvalue weighted by atomic mass is 35.5. The summed E-state index contributed by atoms with van der Waals surface area (Å²) in [5.74, 6) is 0.897. The van der Waals surface area contributed by atoms with Crippen molar-refractivity contribution in [2.75, 3.05) is 20.2 Å². The molecule has 0 bridgehead atoms. The lowest BCUT2D eigenvalue weighted by Gasteiger charge is -2.31. The Morgan fingerprint density at radius 2 is 2.28 bits per heavy atom. The van der Waals surface area contributed by atoms with E-state index in [0.717, 1.165) is 42.4 Å². The maximum Gasteiger partial charge on any atom is 0.123 e. The molecule has 1 aromatic rings. The lowest BCUT2D eigenvalue weighted by Crippen LogP contribution is -2.42. The van der Waals surface area contributed by atoms with Crippen LogP contribution in [0.3, 0.4) is 0 Å². The molecule has 1 heterocycles. The van der Waals surface area contributed by atoms with Crippen LogP contribution in [-0.2, 0) is 6.54 Å². The van der Waals surface area contributed by atoms with Crippen molar-refractivity contribution in [3.63, 3.8) is 0 Å². The lowest BCUT2D eigenvalue weighted by atomic mass is 10.1. The smallest absolute Gasteiger partial charge is 0.123 e. The van der Waals surface area contributed by atoms with Crippen molar-refractivity contribution < 1.29 is 4.74 Å². The zero-order valence-electron chi connectivity index (χ0n) is 10.6. The molecule has 0 spiro atoms. The minimum Gasteiger partial charge on any atom is -0.496 e. The van der Waals surface area contributed by atoms with E-state index in [2.05, 4.69) is 4.90 Å². The Hall–Kier alpha value is -0.480. The number of benzene rings is 1. The fourth-order valence-corrected chi connectivity index (χ4v) is 2.54. The second-order valence-electron chi connectivity index (χ2n) is 4.59. The quantitative estimate of drug-likeness (QED) is 0.930. The van der Waals surface area contributed by atoms with Gasteiger partial charge in [0.15, 0.2) is 0 Å². The van der Waals surface area contributed by atoms with Crippen LogP contribution < -0.4 is 10.5 Å². The topological polar surface area (TPSA) is 38.5 Å². The second kappa shape index (κ2) is 7.19. The number of ether oxygens (including phenoxy) is 1. The van der Waals surface area contributed by atoms with Crippen LogP contribution in [0, 0.1) is 0 Å². The number of hydrogen-bond donors (Lipinski definition) is 1. The molecule has 0 amide bonds. The Morgan fingerprint density at radius 1 is 1.50 bits per heavy atom. The molecule has 0 aliphatic carbocycles. The predicted octanol–water partition coefficient (Wildman–Crippen LogP) is 2.69. The number of piperidine rings is 1. The number of halogens is 2. The van der Waals surface area contributed by atoms with Crippen LogP contribution in [-0.4, -0.2) is 31.1 Å². The molecular formula is C13H20Cl2N2O. The average Bonchev–Trinajstić information content (AvgIpc) is 2.29. The van der Waals surface area contributed by atoms with Crippen molar-refractivity contribution in [1.29, 1.82) is 0 Å². The molecular weight excluding hydrogens is 271 g/mol. The van der Waals surface area contributed by atoms with E-state index < -0.39 is 0 Å². The van der Waals surface area contributed by atoms with Crippen LogP contribution in [0.2, 0.25) is 5.02 Å². The summed E-state index contributed by atoms with van der Waals surface area (Å²) in [4.78, 5) is 2.36. The lowest BCUT2D eigenvalue weighted by molar-refractivity contribution is 0.199. The first-order valence-electron chi connectivity index (χ1n) is 5.99. The number of nitrogens with two attached hydrogens (primary N) is 1. The minimum atomic E-state index is 0. The third kappa shape index (κ3) is 4.02. The Kier molecular flexibility index (Phi) is 6.22. The van der Waals surface area contributed by atoms with E-state index in [9.17, 15) is 0 Å². The van der Waals surface area contributed by atoms with Gasteiger partial charge in [-0.05, 0) is 37.6 Å². The molecule has 1 unspecified atom stereocenters. The summed E-state index contributed by atoms with van der Waals surface area (Å²) < 4.78 is 5.35. The van der Waals surface area contributed by atoms with Gasteiger partial charge in [-0.3, -0.25) is 4.90 Å². The molecule has 1 atom stereocenters. The monoisotopic (exact) mass is 290 g/mol. The summed E-state index contributed by atoms with van der Waals surface area (Å²) in [6, 6.07) is 6.04. The molecule has 1 aliphatic rings. The van der Waals surface area contributed by atoms with E-state index >= 15 is 0 Å². The van der Waals surface area contributed by atoms with E-state index in [1.54, 1.807) is 7.11 Å². The molecule has 102 valence electrons. The number of hydrogen-bond acceptors (Lipinski definition) is 3.